The number of carbonyl (C=O) groups excluding carboxylic acids is 1. The Morgan fingerprint density at radius 3 is 2.25 bits per heavy atom. The molecular weight excluding hydrogens is 735 g/mol. The number of benzene rings is 2. The Morgan fingerprint density at radius 1 is 1.04 bits per heavy atom. The van der Waals surface area contributed by atoms with E-state index in [0.29, 0.717) is 16.4 Å². The van der Waals surface area contributed by atoms with E-state index in [1.807, 2.05) is 73.8 Å². The highest BCUT2D eigenvalue weighted by Gasteiger charge is 2.31. The summed E-state index contributed by atoms with van der Waals surface area (Å²) in [6, 6.07) is 3.40. The molecule has 2 aromatic rings. The molecule has 0 aromatic heterocycles. The number of halogens is 5. The number of hydrogen-bond donors (Lipinski definition) is 0. The molecule has 28 heavy (non-hydrogen) atoms. The van der Waals surface area contributed by atoms with E-state index >= 15 is 0 Å². The molecule has 0 heterocycles. The minimum atomic E-state index is -5.22. The Balaban J connectivity index is 2.16. The van der Waals surface area contributed by atoms with Crippen molar-refractivity contribution in [3.8, 4) is 5.75 Å². The second kappa shape index (κ2) is 8.55. The first kappa shape index (κ1) is 22.6. The number of carbonyl (C=O) groups is 1. The van der Waals surface area contributed by atoms with Crippen LogP contribution in [0.4, 0.5) is 8.78 Å². The van der Waals surface area contributed by atoms with Crippen molar-refractivity contribution >= 4 is 83.9 Å². The molecule has 0 bridgehead atoms. The van der Waals surface area contributed by atoms with Crippen LogP contribution >= 0.6 is 67.8 Å². The highest BCUT2D eigenvalue weighted by molar-refractivity contribution is 14.1. The molecule has 2 aromatic carbocycles. The predicted molar refractivity (Wildman–Crippen MR) is 121 cm³/mol. The van der Waals surface area contributed by atoms with E-state index < -0.39 is 38.4 Å². The molecule has 1 aliphatic rings. The molecule has 0 aliphatic heterocycles. The summed E-state index contributed by atoms with van der Waals surface area (Å²) in [7, 11) is -5.22. The van der Waals surface area contributed by atoms with Gasteiger partial charge in [-0.3, -0.25) is 0 Å². The zero-order valence-electron chi connectivity index (χ0n) is 13.8. The second-order valence-electron chi connectivity index (χ2n) is 6.04. The van der Waals surface area contributed by atoms with Gasteiger partial charge in [-0.1, -0.05) is 0 Å². The Kier molecular flexibility index (Phi) is 6.88. The lowest BCUT2D eigenvalue weighted by molar-refractivity contribution is 0.0722. The van der Waals surface area contributed by atoms with Crippen LogP contribution < -0.4 is 4.74 Å². The fraction of sp³-hybridized carbons (Fsp3) is 0.235. The van der Waals surface area contributed by atoms with Gasteiger partial charge in [0, 0.05) is 16.3 Å². The molecule has 3 rings (SSSR count). The summed E-state index contributed by atoms with van der Waals surface area (Å²) in [6.07, 6.45) is 1.35. The average Bonchev–Trinajstić information content (AvgIpc) is 2.60. The first-order chi connectivity index (χ1) is 13.0. The Hall–Kier alpha value is -0.130. The molecule has 0 spiro atoms. The van der Waals surface area contributed by atoms with Crippen LogP contribution in [0.3, 0.4) is 0 Å². The number of ether oxygens (including phenoxy) is 1. The van der Waals surface area contributed by atoms with Crippen molar-refractivity contribution < 1.29 is 31.3 Å². The highest BCUT2D eigenvalue weighted by atomic mass is 127. The van der Waals surface area contributed by atoms with Gasteiger partial charge in [0.05, 0.1) is 10.5 Å². The van der Waals surface area contributed by atoms with E-state index in [9.17, 15) is 26.5 Å². The molecule has 0 amide bonds. The average molecular weight is 745 g/mol. The quantitative estimate of drug-likeness (QED) is 0.149. The van der Waals surface area contributed by atoms with E-state index in [4.69, 9.17) is 4.74 Å². The lowest BCUT2D eigenvalue weighted by Crippen LogP contribution is -2.20. The summed E-state index contributed by atoms with van der Waals surface area (Å²) in [4.78, 5) is 11.5. The van der Waals surface area contributed by atoms with E-state index in [-0.39, 0.29) is 29.5 Å². The van der Waals surface area contributed by atoms with Crippen molar-refractivity contribution in [1.29, 1.82) is 0 Å². The van der Waals surface area contributed by atoms with Crippen LogP contribution in [0.25, 0.3) is 0 Å². The molecule has 11 heteroatoms. The summed E-state index contributed by atoms with van der Waals surface area (Å²) in [5.41, 5.74) is 0.139. The number of hydrogen-bond acceptors (Lipinski definition) is 5. The summed E-state index contributed by atoms with van der Waals surface area (Å²) < 4.78 is 70.9. The first-order valence-corrected chi connectivity index (χ1v) is 12.5. The Morgan fingerprint density at radius 2 is 1.64 bits per heavy atom. The molecular formula is C17H10F2I3O5S-. The predicted octanol–water partition coefficient (Wildman–Crippen LogP) is 4.78. The van der Waals surface area contributed by atoms with Crippen molar-refractivity contribution in [2.75, 3.05) is 0 Å². The third kappa shape index (κ3) is 4.32. The second-order valence-corrected chi connectivity index (χ2v) is 10.8. The molecule has 0 N–H and O–H groups in total. The maximum atomic E-state index is 14.7. The standard InChI is InChI=1S/C17H11F2I3O5S/c18-12-13(19)16(28(24,25)26)9-4-2-1-3-8(9)15(12)27-17(23)10-5-7(20)6-11(21)14(10)22/h5-6H,1-4H2,(H,24,25,26)/p-1. The fourth-order valence-electron chi connectivity index (χ4n) is 3.09. The molecule has 0 radical (unpaired) electrons. The van der Waals surface area contributed by atoms with Crippen molar-refractivity contribution in [3.05, 3.63) is 51.2 Å². The molecule has 0 unspecified atom stereocenters. The number of rotatable bonds is 3. The van der Waals surface area contributed by atoms with Crippen LogP contribution in [0.1, 0.15) is 34.3 Å². The van der Waals surface area contributed by atoms with Crippen LogP contribution in [0.2, 0.25) is 0 Å². The Labute approximate surface area is 200 Å². The third-order valence-electron chi connectivity index (χ3n) is 4.27. The van der Waals surface area contributed by atoms with E-state index in [1.165, 1.54) is 0 Å². The number of esters is 1. The van der Waals surface area contributed by atoms with E-state index in [2.05, 4.69) is 0 Å². The monoisotopic (exact) mass is 745 g/mol. The maximum Gasteiger partial charge on any atom is 0.344 e. The third-order valence-corrected chi connectivity index (χ3v) is 8.86. The van der Waals surface area contributed by atoms with Gasteiger partial charge < -0.3 is 9.29 Å². The molecule has 0 atom stereocenters. The number of fused-ring (bicyclic) bond motifs is 1. The summed E-state index contributed by atoms with van der Waals surface area (Å²) in [6.45, 7) is 0. The normalized spacial score (nSPS) is 13.9. The zero-order valence-corrected chi connectivity index (χ0v) is 21.1. The van der Waals surface area contributed by atoms with Gasteiger partial charge in [-0.25, -0.2) is 17.6 Å². The smallest absolute Gasteiger partial charge is 0.344 e. The Bertz CT molecular complexity index is 1100. The molecule has 0 fully saturated rings. The minimum Gasteiger partial charge on any atom is -0.744 e. The largest absolute Gasteiger partial charge is 0.744 e. The van der Waals surface area contributed by atoms with Gasteiger partial charge in [-0.15, -0.1) is 0 Å². The van der Waals surface area contributed by atoms with Crippen LogP contribution in [0.15, 0.2) is 17.0 Å². The van der Waals surface area contributed by atoms with E-state index in [1.54, 1.807) is 6.07 Å². The van der Waals surface area contributed by atoms with Gasteiger partial charge in [0.1, 0.15) is 10.1 Å². The molecule has 5 nitrogen and oxygen atoms in total. The van der Waals surface area contributed by atoms with Crippen molar-refractivity contribution in [3.63, 3.8) is 0 Å². The minimum absolute atomic E-state index is 0.0586. The molecule has 1 aliphatic carbocycles. The van der Waals surface area contributed by atoms with Crippen LogP contribution in [0, 0.1) is 22.3 Å². The summed E-state index contributed by atoms with van der Waals surface area (Å²) in [5.74, 6) is -4.97. The molecule has 0 saturated heterocycles. The van der Waals surface area contributed by atoms with Gasteiger partial charge >= 0.3 is 5.97 Å². The SMILES string of the molecule is O=C(Oc1c(F)c(F)c(S(=O)(=O)[O-])c2c1CCCC2)c1cc(I)cc(I)c1I. The summed E-state index contributed by atoms with van der Waals surface area (Å²) in [5, 5.41) is 0. The van der Waals surface area contributed by atoms with Gasteiger partial charge in [-0.2, -0.15) is 4.39 Å². The van der Waals surface area contributed by atoms with Gasteiger partial charge in [0.15, 0.2) is 11.6 Å². The maximum absolute atomic E-state index is 14.7. The molecule has 0 saturated carbocycles. The van der Waals surface area contributed by atoms with Gasteiger partial charge in [0.25, 0.3) is 0 Å². The fourth-order valence-corrected chi connectivity index (χ4v) is 6.30. The summed E-state index contributed by atoms with van der Waals surface area (Å²) >= 11 is 6.02. The van der Waals surface area contributed by atoms with Crippen LogP contribution in [0.5, 0.6) is 5.75 Å². The van der Waals surface area contributed by atoms with Crippen LogP contribution in [-0.4, -0.2) is 18.9 Å². The van der Waals surface area contributed by atoms with Crippen LogP contribution in [-0.2, 0) is 23.0 Å². The topological polar surface area (TPSA) is 83.5 Å². The zero-order chi connectivity index (χ0) is 20.8. The van der Waals surface area contributed by atoms with Gasteiger partial charge in [0.2, 0.25) is 5.82 Å². The molecule has 150 valence electrons. The lowest BCUT2D eigenvalue weighted by atomic mass is 9.90. The van der Waals surface area contributed by atoms with Crippen molar-refractivity contribution in [2.24, 2.45) is 0 Å². The lowest BCUT2D eigenvalue weighted by Gasteiger charge is -2.24. The highest BCUT2D eigenvalue weighted by Crippen LogP contribution is 2.39. The van der Waals surface area contributed by atoms with Gasteiger partial charge in [-0.05, 0) is 111 Å². The van der Waals surface area contributed by atoms with Crippen molar-refractivity contribution in [1.82, 2.24) is 0 Å². The van der Waals surface area contributed by atoms with E-state index in [0.717, 1.165) is 7.14 Å². The first-order valence-electron chi connectivity index (χ1n) is 7.87. The van der Waals surface area contributed by atoms with Crippen molar-refractivity contribution in [2.45, 2.75) is 30.6 Å².